The van der Waals surface area contributed by atoms with Gasteiger partial charge in [-0.2, -0.15) is 0 Å². The summed E-state index contributed by atoms with van der Waals surface area (Å²) in [5.74, 6) is 0.555. The van der Waals surface area contributed by atoms with Gasteiger partial charge in [0.2, 0.25) is 0 Å². The summed E-state index contributed by atoms with van der Waals surface area (Å²) < 4.78 is 0. The fraction of sp³-hybridized carbons (Fsp3) is 0.600. The molecule has 0 aromatic heterocycles. The molecule has 2 atom stereocenters. The van der Waals surface area contributed by atoms with Gasteiger partial charge in [-0.3, -0.25) is 0 Å². The van der Waals surface area contributed by atoms with Crippen LogP contribution in [0.3, 0.4) is 0 Å². The van der Waals surface area contributed by atoms with E-state index in [1.807, 2.05) is 11.8 Å². The summed E-state index contributed by atoms with van der Waals surface area (Å²) in [6, 6.07) is 8.61. The van der Waals surface area contributed by atoms with Gasteiger partial charge < -0.3 is 5.11 Å². The molecule has 0 aliphatic heterocycles. The van der Waals surface area contributed by atoms with E-state index in [2.05, 4.69) is 38.1 Å². The summed E-state index contributed by atoms with van der Waals surface area (Å²) in [7, 11) is 0. The molecule has 1 aliphatic rings. The van der Waals surface area contributed by atoms with E-state index in [1.165, 1.54) is 23.3 Å². The van der Waals surface area contributed by atoms with Gasteiger partial charge in [-0.15, -0.1) is 11.8 Å². The fourth-order valence-corrected chi connectivity index (χ4v) is 3.94. The van der Waals surface area contributed by atoms with E-state index in [0.717, 1.165) is 12.8 Å². The molecule has 2 heteroatoms. The molecule has 1 fully saturated rings. The molecule has 0 amide bonds. The predicted molar refractivity (Wildman–Crippen MR) is 74.7 cm³/mol. The van der Waals surface area contributed by atoms with Crippen molar-refractivity contribution < 1.29 is 5.11 Å². The van der Waals surface area contributed by atoms with Crippen LogP contribution in [-0.4, -0.2) is 16.5 Å². The van der Waals surface area contributed by atoms with E-state index in [4.69, 9.17) is 0 Å². The first-order chi connectivity index (χ1) is 8.18. The SMILES string of the molecule is CC(C)c1ccccc1S[C@H]1CCCC[C@@H]1O. The van der Waals surface area contributed by atoms with Crippen molar-refractivity contribution in [3.05, 3.63) is 29.8 Å². The van der Waals surface area contributed by atoms with Crippen LogP contribution in [0, 0.1) is 0 Å². The van der Waals surface area contributed by atoms with Gasteiger partial charge in [0.15, 0.2) is 0 Å². The minimum absolute atomic E-state index is 0.117. The molecule has 1 aliphatic carbocycles. The second-order valence-electron chi connectivity index (χ2n) is 5.20. The normalized spacial score (nSPS) is 25.2. The zero-order valence-corrected chi connectivity index (χ0v) is 11.5. The lowest BCUT2D eigenvalue weighted by molar-refractivity contribution is 0.137. The molecule has 1 N–H and O–H groups in total. The number of rotatable bonds is 3. The van der Waals surface area contributed by atoms with Gasteiger partial charge >= 0.3 is 0 Å². The number of benzene rings is 1. The van der Waals surface area contributed by atoms with Crippen molar-refractivity contribution in [2.24, 2.45) is 0 Å². The van der Waals surface area contributed by atoms with E-state index >= 15 is 0 Å². The molecule has 2 rings (SSSR count). The first-order valence-electron chi connectivity index (χ1n) is 6.62. The molecule has 0 unspecified atom stereocenters. The van der Waals surface area contributed by atoms with Gasteiger partial charge in [-0.1, -0.05) is 44.9 Å². The maximum Gasteiger partial charge on any atom is 0.0662 e. The Bertz CT molecular complexity index is 362. The van der Waals surface area contributed by atoms with Crippen LogP contribution >= 0.6 is 11.8 Å². The van der Waals surface area contributed by atoms with Crippen molar-refractivity contribution in [2.75, 3.05) is 0 Å². The lowest BCUT2D eigenvalue weighted by Gasteiger charge is -2.28. The Morgan fingerprint density at radius 1 is 1.18 bits per heavy atom. The van der Waals surface area contributed by atoms with Crippen LogP contribution in [-0.2, 0) is 0 Å². The molecular formula is C15H22OS. The zero-order valence-electron chi connectivity index (χ0n) is 10.7. The van der Waals surface area contributed by atoms with Crippen LogP contribution in [0.2, 0.25) is 0 Å². The number of thioether (sulfide) groups is 1. The fourth-order valence-electron chi connectivity index (χ4n) is 2.44. The Morgan fingerprint density at radius 2 is 1.88 bits per heavy atom. The van der Waals surface area contributed by atoms with E-state index in [-0.39, 0.29) is 6.10 Å². The van der Waals surface area contributed by atoms with Gasteiger partial charge in [-0.05, 0) is 30.4 Å². The van der Waals surface area contributed by atoms with Gasteiger partial charge in [-0.25, -0.2) is 0 Å². The van der Waals surface area contributed by atoms with E-state index < -0.39 is 0 Å². The topological polar surface area (TPSA) is 20.2 Å². The second kappa shape index (κ2) is 5.92. The van der Waals surface area contributed by atoms with E-state index in [1.54, 1.807) is 0 Å². The first-order valence-corrected chi connectivity index (χ1v) is 7.50. The van der Waals surface area contributed by atoms with Crippen molar-refractivity contribution >= 4 is 11.8 Å². The highest BCUT2D eigenvalue weighted by molar-refractivity contribution is 8.00. The predicted octanol–water partition coefficient (Wildman–Crippen LogP) is 4.21. The first kappa shape index (κ1) is 13.0. The maximum atomic E-state index is 10.0. The third kappa shape index (κ3) is 3.26. The lowest BCUT2D eigenvalue weighted by atomic mass is 9.97. The molecule has 1 nitrogen and oxygen atoms in total. The molecule has 94 valence electrons. The Hall–Kier alpha value is -0.470. The molecule has 1 aromatic rings. The van der Waals surface area contributed by atoms with E-state index in [9.17, 15) is 5.11 Å². The highest BCUT2D eigenvalue weighted by atomic mass is 32.2. The number of hydrogen-bond acceptors (Lipinski definition) is 2. The monoisotopic (exact) mass is 250 g/mol. The molecule has 0 bridgehead atoms. The third-order valence-electron chi connectivity index (χ3n) is 3.49. The minimum atomic E-state index is -0.117. The second-order valence-corrected chi connectivity index (χ2v) is 6.48. The molecule has 0 saturated heterocycles. The van der Waals surface area contributed by atoms with Crippen molar-refractivity contribution in [3.63, 3.8) is 0 Å². The smallest absolute Gasteiger partial charge is 0.0662 e. The quantitative estimate of drug-likeness (QED) is 0.867. The molecule has 0 heterocycles. The average Bonchev–Trinajstić information content (AvgIpc) is 2.32. The molecule has 0 spiro atoms. The molecule has 1 aromatic carbocycles. The summed E-state index contributed by atoms with van der Waals surface area (Å²) in [6.45, 7) is 4.47. The van der Waals surface area contributed by atoms with Gasteiger partial charge in [0.25, 0.3) is 0 Å². The highest BCUT2D eigenvalue weighted by Gasteiger charge is 2.24. The van der Waals surface area contributed by atoms with E-state index in [0.29, 0.717) is 11.2 Å². The zero-order chi connectivity index (χ0) is 12.3. The van der Waals surface area contributed by atoms with Crippen LogP contribution in [0.5, 0.6) is 0 Å². The largest absolute Gasteiger partial charge is 0.392 e. The van der Waals surface area contributed by atoms with Crippen molar-refractivity contribution in [3.8, 4) is 0 Å². The summed E-state index contributed by atoms with van der Waals surface area (Å²) in [5, 5.41) is 10.4. The number of aliphatic hydroxyl groups excluding tert-OH is 1. The molecule has 17 heavy (non-hydrogen) atoms. The van der Waals surface area contributed by atoms with Gasteiger partial charge in [0, 0.05) is 10.1 Å². The summed E-state index contributed by atoms with van der Waals surface area (Å²) in [4.78, 5) is 1.36. The van der Waals surface area contributed by atoms with Gasteiger partial charge in [0.1, 0.15) is 0 Å². The average molecular weight is 250 g/mol. The van der Waals surface area contributed by atoms with Crippen LogP contribution in [0.15, 0.2) is 29.2 Å². The maximum absolute atomic E-state index is 10.0. The summed E-state index contributed by atoms with van der Waals surface area (Å²) in [5.41, 5.74) is 1.41. The number of hydrogen-bond donors (Lipinski definition) is 1. The van der Waals surface area contributed by atoms with Crippen LogP contribution in [0.1, 0.15) is 51.0 Å². The summed E-state index contributed by atoms with van der Waals surface area (Å²) >= 11 is 1.88. The third-order valence-corrected chi connectivity index (χ3v) is 4.97. The van der Waals surface area contributed by atoms with Crippen LogP contribution in [0.4, 0.5) is 0 Å². The van der Waals surface area contributed by atoms with Crippen molar-refractivity contribution in [1.29, 1.82) is 0 Å². The van der Waals surface area contributed by atoms with Crippen molar-refractivity contribution in [1.82, 2.24) is 0 Å². The number of aliphatic hydroxyl groups is 1. The van der Waals surface area contributed by atoms with Crippen LogP contribution < -0.4 is 0 Å². The highest BCUT2D eigenvalue weighted by Crippen LogP contribution is 2.37. The molecular weight excluding hydrogens is 228 g/mol. The Balaban J connectivity index is 2.12. The Morgan fingerprint density at radius 3 is 2.59 bits per heavy atom. The standard InChI is InChI=1S/C15H22OS/c1-11(2)12-7-3-5-9-14(12)17-15-10-6-4-8-13(15)16/h3,5,7,9,11,13,15-16H,4,6,8,10H2,1-2H3/t13-,15-/m0/s1. The minimum Gasteiger partial charge on any atom is -0.392 e. The molecule has 0 radical (unpaired) electrons. The Kier molecular flexibility index (Phi) is 4.52. The lowest BCUT2D eigenvalue weighted by Crippen LogP contribution is -2.26. The van der Waals surface area contributed by atoms with Gasteiger partial charge in [0.05, 0.1) is 6.10 Å². The molecule has 1 saturated carbocycles. The Labute approximate surface area is 109 Å². The summed E-state index contributed by atoms with van der Waals surface area (Å²) in [6.07, 6.45) is 4.46. The van der Waals surface area contributed by atoms with Crippen LogP contribution in [0.25, 0.3) is 0 Å². The van der Waals surface area contributed by atoms with Crippen molar-refractivity contribution in [2.45, 2.75) is 61.7 Å².